The summed E-state index contributed by atoms with van der Waals surface area (Å²) >= 11 is 5.97. The van der Waals surface area contributed by atoms with E-state index in [4.69, 9.17) is 22.1 Å². The minimum atomic E-state index is -0.373. The molecule has 0 spiro atoms. The topological polar surface area (TPSA) is 55.6 Å². The van der Waals surface area contributed by atoms with Gasteiger partial charge < -0.3 is 15.4 Å². The molecule has 1 heterocycles. The fourth-order valence-corrected chi connectivity index (χ4v) is 3.09. The first-order valence-corrected chi connectivity index (χ1v) is 7.01. The van der Waals surface area contributed by atoms with E-state index in [1.165, 1.54) is 0 Å². The van der Waals surface area contributed by atoms with Crippen LogP contribution >= 0.6 is 11.6 Å². The summed E-state index contributed by atoms with van der Waals surface area (Å²) in [5.74, 6) is -0.0661. The number of anilines is 1. The van der Waals surface area contributed by atoms with E-state index in [0.29, 0.717) is 29.4 Å². The quantitative estimate of drug-likeness (QED) is 0.811. The van der Waals surface area contributed by atoms with Crippen LogP contribution in [0.2, 0.25) is 5.02 Å². The predicted molar refractivity (Wildman–Crippen MR) is 81.0 cm³/mol. The van der Waals surface area contributed by atoms with Gasteiger partial charge in [-0.2, -0.15) is 0 Å². The monoisotopic (exact) mass is 296 g/mol. The molecule has 2 rings (SSSR count). The first-order valence-electron chi connectivity index (χ1n) is 6.64. The van der Waals surface area contributed by atoms with Gasteiger partial charge in [-0.05, 0) is 45.9 Å². The summed E-state index contributed by atoms with van der Waals surface area (Å²) in [4.78, 5) is 14.4. The Morgan fingerprint density at radius 2 is 1.75 bits per heavy atom. The molecule has 0 aromatic heterocycles. The molecule has 0 unspecified atom stereocenters. The number of halogens is 1. The molecule has 2 N–H and O–H groups in total. The minimum Gasteiger partial charge on any atom is -0.399 e. The van der Waals surface area contributed by atoms with E-state index in [1.807, 2.05) is 27.7 Å². The zero-order valence-electron chi connectivity index (χ0n) is 12.4. The molecule has 1 aromatic carbocycles. The summed E-state index contributed by atoms with van der Waals surface area (Å²) in [7, 11) is 0. The second-order valence-electron chi connectivity index (χ2n) is 6.56. The number of carbonyl (C=O) groups is 1. The predicted octanol–water partition coefficient (Wildman–Crippen LogP) is 2.95. The minimum absolute atomic E-state index is 0.0661. The van der Waals surface area contributed by atoms with Crippen molar-refractivity contribution in [1.29, 1.82) is 0 Å². The molecule has 1 aliphatic heterocycles. The molecular formula is C15H21ClN2O2. The number of hydrogen-bond acceptors (Lipinski definition) is 3. The highest BCUT2D eigenvalue weighted by atomic mass is 35.5. The molecule has 0 aliphatic carbocycles. The Morgan fingerprint density at radius 1 is 1.20 bits per heavy atom. The van der Waals surface area contributed by atoms with Crippen molar-refractivity contribution in [3.8, 4) is 0 Å². The molecule has 20 heavy (non-hydrogen) atoms. The Kier molecular flexibility index (Phi) is 3.73. The van der Waals surface area contributed by atoms with Gasteiger partial charge in [0.1, 0.15) is 0 Å². The summed E-state index contributed by atoms with van der Waals surface area (Å²) < 4.78 is 5.98. The number of morpholine rings is 1. The molecule has 1 amide bonds. The first-order chi connectivity index (χ1) is 9.08. The second kappa shape index (κ2) is 4.93. The number of ether oxygens (including phenoxy) is 1. The molecule has 5 heteroatoms. The van der Waals surface area contributed by atoms with Crippen molar-refractivity contribution in [2.24, 2.45) is 0 Å². The number of carbonyl (C=O) groups excluding carboxylic acids is 1. The van der Waals surface area contributed by atoms with Gasteiger partial charge in [-0.3, -0.25) is 4.79 Å². The third kappa shape index (κ3) is 3.44. The van der Waals surface area contributed by atoms with E-state index in [-0.39, 0.29) is 17.1 Å². The van der Waals surface area contributed by atoms with Crippen LogP contribution in [0.5, 0.6) is 0 Å². The van der Waals surface area contributed by atoms with E-state index >= 15 is 0 Å². The van der Waals surface area contributed by atoms with E-state index in [2.05, 4.69) is 0 Å². The lowest BCUT2D eigenvalue weighted by atomic mass is 9.98. The normalized spacial score (nSPS) is 20.8. The lowest BCUT2D eigenvalue weighted by Crippen LogP contribution is -2.58. The van der Waals surface area contributed by atoms with Gasteiger partial charge in [0.2, 0.25) is 0 Å². The Balaban J connectivity index is 2.28. The summed E-state index contributed by atoms with van der Waals surface area (Å²) in [5, 5.41) is 0.472. The number of nitrogens with zero attached hydrogens (tertiary/aromatic N) is 1. The third-order valence-corrected chi connectivity index (χ3v) is 3.37. The van der Waals surface area contributed by atoms with Gasteiger partial charge in [0, 0.05) is 29.4 Å². The number of rotatable bonds is 1. The van der Waals surface area contributed by atoms with Crippen molar-refractivity contribution in [3.05, 3.63) is 28.8 Å². The zero-order valence-corrected chi connectivity index (χ0v) is 13.1. The molecule has 0 radical (unpaired) electrons. The van der Waals surface area contributed by atoms with Crippen LogP contribution in [0.1, 0.15) is 38.1 Å². The molecule has 1 saturated heterocycles. The summed E-state index contributed by atoms with van der Waals surface area (Å²) in [6.07, 6.45) is 0. The van der Waals surface area contributed by atoms with Gasteiger partial charge in [-0.25, -0.2) is 0 Å². The van der Waals surface area contributed by atoms with Crippen molar-refractivity contribution < 1.29 is 9.53 Å². The van der Waals surface area contributed by atoms with Crippen molar-refractivity contribution in [3.63, 3.8) is 0 Å². The van der Waals surface area contributed by atoms with E-state index in [9.17, 15) is 4.79 Å². The Bertz CT molecular complexity index is 504. The average Bonchev–Trinajstić information content (AvgIpc) is 2.22. The summed E-state index contributed by atoms with van der Waals surface area (Å²) in [5.41, 5.74) is 6.02. The molecule has 1 aliphatic rings. The van der Waals surface area contributed by atoms with Crippen LogP contribution in [0.25, 0.3) is 0 Å². The zero-order chi connectivity index (χ0) is 15.1. The van der Waals surface area contributed by atoms with Gasteiger partial charge >= 0.3 is 0 Å². The molecule has 0 saturated carbocycles. The smallest absolute Gasteiger partial charge is 0.254 e. The summed E-state index contributed by atoms with van der Waals surface area (Å²) in [6, 6.07) is 4.94. The SMILES string of the molecule is CC1(C)CN(C(=O)c2cc(N)cc(Cl)c2)CC(C)(C)O1. The Labute approximate surface area is 124 Å². The number of hydrogen-bond donors (Lipinski definition) is 1. The van der Waals surface area contributed by atoms with Crippen molar-refractivity contribution >= 4 is 23.2 Å². The van der Waals surface area contributed by atoms with E-state index < -0.39 is 0 Å². The van der Waals surface area contributed by atoms with Gasteiger partial charge in [-0.15, -0.1) is 0 Å². The fourth-order valence-electron chi connectivity index (χ4n) is 2.85. The molecule has 1 aromatic rings. The number of nitrogen functional groups attached to an aromatic ring is 1. The Hall–Kier alpha value is -1.26. The van der Waals surface area contributed by atoms with E-state index in [0.717, 1.165) is 0 Å². The van der Waals surface area contributed by atoms with Crippen LogP contribution in [0.4, 0.5) is 5.69 Å². The molecule has 110 valence electrons. The number of nitrogens with two attached hydrogens (primary N) is 1. The van der Waals surface area contributed by atoms with Crippen LogP contribution in [0.3, 0.4) is 0 Å². The molecule has 1 fully saturated rings. The maximum atomic E-state index is 12.6. The lowest BCUT2D eigenvalue weighted by molar-refractivity contribution is -0.171. The van der Waals surface area contributed by atoms with Crippen LogP contribution in [-0.4, -0.2) is 35.1 Å². The first kappa shape index (κ1) is 15.1. The standard InChI is InChI=1S/C15H21ClN2O2/c1-14(2)8-18(9-15(3,4)20-14)13(19)10-5-11(16)7-12(17)6-10/h5-7H,8-9,17H2,1-4H3. The van der Waals surface area contributed by atoms with Gasteiger partial charge in [0.05, 0.1) is 11.2 Å². The highest BCUT2D eigenvalue weighted by molar-refractivity contribution is 6.31. The Morgan fingerprint density at radius 3 is 2.25 bits per heavy atom. The molecule has 0 bridgehead atoms. The lowest BCUT2D eigenvalue weighted by Gasteiger charge is -2.47. The fraction of sp³-hybridized carbons (Fsp3) is 0.533. The van der Waals surface area contributed by atoms with Crippen LogP contribution < -0.4 is 5.73 Å². The van der Waals surface area contributed by atoms with Crippen LogP contribution in [0.15, 0.2) is 18.2 Å². The van der Waals surface area contributed by atoms with Crippen molar-refractivity contribution in [1.82, 2.24) is 4.90 Å². The highest BCUT2D eigenvalue weighted by Gasteiger charge is 2.40. The van der Waals surface area contributed by atoms with Crippen LogP contribution in [-0.2, 0) is 4.74 Å². The summed E-state index contributed by atoms with van der Waals surface area (Å²) in [6.45, 7) is 9.03. The van der Waals surface area contributed by atoms with Gasteiger partial charge in [0.15, 0.2) is 0 Å². The van der Waals surface area contributed by atoms with Gasteiger partial charge in [0.25, 0.3) is 5.91 Å². The molecule has 4 nitrogen and oxygen atoms in total. The molecular weight excluding hydrogens is 276 g/mol. The van der Waals surface area contributed by atoms with Crippen molar-refractivity contribution in [2.75, 3.05) is 18.8 Å². The van der Waals surface area contributed by atoms with Gasteiger partial charge in [-0.1, -0.05) is 11.6 Å². The van der Waals surface area contributed by atoms with Crippen LogP contribution in [0, 0.1) is 0 Å². The number of benzene rings is 1. The number of amides is 1. The molecule has 0 atom stereocenters. The maximum absolute atomic E-state index is 12.6. The van der Waals surface area contributed by atoms with E-state index in [1.54, 1.807) is 23.1 Å². The highest BCUT2D eigenvalue weighted by Crippen LogP contribution is 2.29. The second-order valence-corrected chi connectivity index (χ2v) is 6.99. The average molecular weight is 297 g/mol. The van der Waals surface area contributed by atoms with Crippen molar-refractivity contribution in [2.45, 2.75) is 38.9 Å². The maximum Gasteiger partial charge on any atom is 0.254 e. The third-order valence-electron chi connectivity index (χ3n) is 3.15. The largest absolute Gasteiger partial charge is 0.399 e.